The molecule has 108 valence electrons. The van der Waals surface area contributed by atoms with E-state index in [0.29, 0.717) is 10.9 Å². The van der Waals surface area contributed by atoms with E-state index in [1.54, 1.807) is 6.07 Å². The van der Waals surface area contributed by atoms with Crippen molar-refractivity contribution >= 4 is 29.1 Å². The maximum atomic E-state index is 11.4. The first-order chi connectivity index (χ1) is 9.41. The van der Waals surface area contributed by atoms with Crippen molar-refractivity contribution in [2.75, 3.05) is 17.2 Å². The number of rotatable bonds is 3. The minimum absolute atomic E-state index is 0.00912. The molecule has 2 rings (SSSR count). The smallest absolute Gasteiger partial charge is 0.338 e. The maximum absolute atomic E-state index is 11.4. The van der Waals surface area contributed by atoms with Gasteiger partial charge in [-0.1, -0.05) is 6.92 Å². The second kappa shape index (κ2) is 5.70. The van der Waals surface area contributed by atoms with E-state index in [9.17, 15) is 20.0 Å². The Morgan fingerprint density at radius 1 is 1.50 bits per heavy atom. The predicted octanol–water partition coefficient (Wildman–Crippen LogP) is 2.62. The van der Waals surface area contributed by atoms with E-state index >= 15 is 0 Å². The summed E-state index contributed by atoms with van der Waals surface area (Å²) in [5, 5.41) is 20.5. The molecule has 0 aromatic heterocycles. The molecule has 1 N–H and O–H groups in total. The molecule has 7 heteroatoms. The summed E-state index contributed by atoms with van der Waals surface area (Å²) in [6.07, 6.45) is 0. The molecule has 1 fully saturated rings. The van der Waals surface area contributed by atoms with Gasteiger partial charge >= 0.3 is 5.97 Å². The average Bonchev–Trinajstić information content (AvgIpc) is 2.41. The quantitative estimate of drug-likeness (QED) is 0.682. The number of anilines is 1. The van der Waals surface area contributed by atoms with E-state index in [0.717, 1.165) is 18.4 Å². The molecule has 1 aliphatic heterocycles. The van der Waals surface area contributed by atoms with Crippen molar-refractivity contribution in [3.05, 3.63) is 33.9 Å². The minimum Gasteiger partial charge on any atom is -0.478 e. The zero-order valence-electron chi connectivity index (χ0n) is 11.3. The molecule has 0 radical (unpaired) electrons. The van der Waals surface area contributed by atoms with Crippen LogP contribution in [0.2, 0.25) is 0 Å². The molecule has 0 spiro atoms. The second-order valence-corrected chi connectivity index (χ2v) is 6.26. The minimum atomic E-state index is -1.14. The number of carboxylic acid groups (broad SMARTS) is 1. The lowest BCUT2D eigenvalue weighted by atomic mass is 10.1. The van der Waals surface area contributed by atoms with Crippen LogP contribution in [0.4, 0.5) is 11.4 Å². The third kappa shape index (κ3) is 2.72. The van der Waals surface area contributed by atoms with Crippen LogP contribution in [0.5, 0.6) is 0 Å². The monoisotopic (exact) mass is 296 g/mol. The number of aromatic carboxylic acids is 1. The fourth-order valence-electron chi connectivity index (χ4n) is 2.33. The SMILES string of the molecule is CC1SCCN(c2ccc([N+](=O)[O-])cc2C(=O)O)C1C. The number of hydrogen-bond donors (Lipinski definition) is 1. The van der Waals surface area contributed by atoms with Crippen molar-refractivity contribution in [3.63, 3.8) is 0 Å². The first kappa shape index (κ1) is 14.6. The molecule has 1 aromatic carbocycles. The Hall–Kier alpha value is -1.76. The lowest BCUT2D eigenvalue weighted by Gasteiger charge is -2.39. The summed E-state index contributed by atoms with van der Waals surface area (Å²) in [4.78, 5) is 23.6. The maximum Gasteiger partial charge on any atom is 0.338 e. The molecule has 1 aliphatic rings. The molecule has 1 saturated heterocycles. The molecule has 0 bridgehead atoms. The largest absolute Gasteiger partial charge is 0.478 e. The Bertz CT molecular complexity index is 549. The molecule has 1 heterocycles. The number of nitro benzene ring substituents is 1. The van der Waals surface area contributed by atoms with E-state index in [1.807, 2.05) is 23.6 Å². The van der Waals surface area contributed by atoms with Crippen LogP contribution < -0.4 is 4.90 Å². The number of benzene rings is 1. The molecule has 2 unspecified atom stereocenters. The van der Waals surface area contributed by atoms with Gasteiger partial charge < -0.3 is 10.0 Å². The van der Waals surface area contributed by atoms with Gasteiger partial charge in [0.15, 0.2) is 0 Å². The number of thioether (sulfide) groups is 1. The second-order valence-electron chi connectivity index (χ2n) is 4.77. The van der Waals surface area contributed by atoms with Gasteiger partial charge in [0.25, 0.3) is 5.69 Å². The molecule has 6 nitrogen and oxygen atoms in total. The van der Waals surface area contributed by atoms with E-state index in [1.165, 1.54) is 6.07 Å². The van der Waals surface area contributed by atoms with Gasteiger partial charge in [-0.05, 0) is 13.0 Å². The summed E-state index contributed by atoms with van der Waals surface area (Å²) in [6, 6.07) is 4.23. The highest BCUT2D eigenvalue weighted by Crippen LogP contribution is 2.33. The number of nitro groups is 1. The Morgan fingerprint density at radius 3 is 2.80 bits per heavy atom. The van der Waals surface area contributed by atoms with Crippen molar-refractivity contribution in [3.8, 4) is 0 Å². The third-order valence-corrected chi connectivity index (χ3v) is 4.95. The van der Waals surface area contributed by atoms with Gasteiger partial charge in [0.1, 0.15) is 0 Å². The first-order valence-electron chi connectivity index (χ1n) is 6.31. The van der Waals surface area contributed by atoms with Crippen molar-refractivity contribution in [1.29, 1.82) is 0 Å². The van der Waals surface area contributed by atoms with E-state index < -0.39 is 10.9 Å². The number of carboxylic acids is 1. The van der Waals surface area contributed by atoms with Gasteiger partial charge in [-0.15, -0.1) is 0 Å². The fraction of sp³-hybridized carbons (Fsp3) is 0.462. The highest BCUT2D eigenvalue weighted by Gasteiger charge is 2.29. The van der Waals surface area contributed by atoms with Crippen LogP contribution in [-0.4, -0.2) is 39.6 Å². The van der Waals surface area contributed by atoms with E-state index in [4.69, 9.17) is 0 Å². The number of hydrogen-bond acceptors (Lipinski definition) is 5. The van der Waals surface area contributed by atoms with Crippen molar-refractivity contribution < 1.29 is 14.8 Å². The summed E-state index contributed by atoms with van der Waals surface area (Å²) in [5.41, 5.74) is 0.353. The molecule has 2 atom stereocenters. The molecule has 0 saturated carbocycles. The summed E-state index contributed by atoms with van der Waals surface area (Å²) >= 11 is 1.85. The Balaban J connectivity index is 2.45. The first-order valence-corrected chi connectivity index (χ1v) is 7.36. The van der Waals surface area contributed by atoms with Crippen molar-refractivity contribution in [2.24, 2.45) is 0 Å². The number of non-ortho nitro benzene ring substituents is 1. The van der Waals surface area contributed by atoms with Gasteiger partial charge in [-0.2, -0.15) is 11.8 Å². The van der Waals surface area contributed by atoms with Crippen LogP contribution in [0.15, 0.2) is 18.2 Å². The van der Waals surface area contributed by atoms with Crippen LogP contribution in [0.25, 0.3) is 0 Å². The van der Waals surface area contributed by atoms with Crippen LogP contribution in [-0.2, 0) is 0 Å². The van der Waals surface area contributed by atoms with Gasteiger partial charge in [0.05, 0.1) is 16.2 Å². The lowest BCUT2D eigenvalue weighted by Crippen LogP contribution is -2.45. The lowest BCUT2D eigenvalue weighted by molar-refractivity contribution is -0.384. The molecule has 1 aromatic rings. The van der Waals surface area contributed by atoms with Crippen LogP contribution in [0.1, 0.15) is 24.2 Å². The van der Waals surface area contributed by atoms with Gasteiger partial charge in [-0.3, -0.25) is 10.1 Å². The van der Waals surface area contributed by atoms with Gasteiger partial charge in [0, 0.05) is 35.7 Å². The zero-order chi connectivity index (χ0) is 14.9. The Morgan fingerprint density at radius 2 is 2.20 bits per heavy atom. The number of nitrogens with zero attached hydrogens (tertiary/aromatic N) is 2. The van der Waals surface area contributed by atoms with Gasteiger partial charge in [-0.25, -0.2) is 4.79 Å². The summed E-state index contributed by atoms with van der Waals surface area (Å²) < 4.78 is 0. The van der Waals surface area contributed by atoms with Crippen molar-refractivity contribution in [2.45, 2.75) is 25.1 Å². The highest BCUT2D eigenvalue weighted by molar-refractivity contribution is 8.00. The molecule has 0 aliphatic carbocycles. The third-order valence-electron chi connectivity index (χ3n) is 3.61. The summed E-state index contributed by atoms with van der Waals surface area (Å²) in [5.74, 6) is -0.219. The normalized spacial score (nSPS) is 22.6. The zero-order valence-corrected chi connectivity index (χ0v) is 12.1. The summed E-state index contributed by atoms with van der Waals surface area (Å²) in [6.45, 7) is 4.89. The highest BCUT2D eigenvalue weighted by atomic mass is 32.2. The molecule has 0 amide bonds. The Kier molecular flexibility index (Phi) is 4.17. The van der Waals surface area contributed by atoms with Crippen LogP contribution >= 0.6 is 11.8 Å². The van der Waals surface area contributed by atoms with E-state index in [-0.39, 0.29) is 17.3 Å². The van der Waals surface area contributed by atoms with Crippen LogP contribution in [0.3, 0.4) is 0 Å². The number of carbonyl (C=O) groups is 1. The van der Waals surface area contributed by atoms with Crippen LogP contribution in [0, 0.1) is 10.1 Å². The molecule has 20 heavy (non-hydrogen) atoms. The van der Waals surface area contributed by atoms with Gasteiger partial charge in [0.2, 0.25) is 0 Å². The average molecular weight is 296 g/mol. The van der Waals surface area contributed by atoms with Crippen molar-refractivity contribution in [1.82, 2.24) is 0 Å². The standard InChI is InChI=1S/C13H16N2O4S/c1-8-9(2)20-6-5-14(8)12-4-3-10(15(18)19)7-11(12)13(16)17/h3-4,7-9H,5-6H2,1-2H3,(H,16,17). The predicted molar refractivity (Wildman–Crippen MR) is 78.8 cm³/mol. The van der Waals surface area contributed by atoms with E-state index in [2.05, 4.69) is 6.92 Å². The fourth-order valence-corrected chi connectivity index (χ4v) is 3.43. The Labute approximate surface area is 120 Å². The summed E-state index contributed by atoms with van der Waals surface area (Å²) in [7, 11) is 0. The topological polar surface area (TPSA) is 83.7 Å². The molecular weight excluding hydrogens is 280 g/mol. The molecular formula is C13H16N2O4S.